The lowest BCUT2D eigenvalue weighted by Crippen LogP contribution is -2.14. The van der Waals surface area contributed by atoms with Gasteiger partial charge in [-0.3, -0.25) is 4.79 Å². The van der Waals surface area contributed by atoms with E-state index in [0.29, 0.717) is 33.5 Å². The van der Waals surface area contributed by atoms with E-state index in [-0.39, 0.29) is 22.8 Å². The SMILES string of the molecule is COc1cc(-c2nnc(SCC(=O)Nc3ccccc3Cl)o2)cc(OC)c1OC. The van der Waals surface area contributed by atoms with Crippen molar-refractivity contribution < 1.29 is 23.4 Å². The lowest BCUT2D eigenvalue weighted by molar-refractivity contribution is -0.113. The van der Waals surface area contributed by atoms with E-state index in [1.807, 2.05) is 0 Å². The maximum Gasteiger partial charge on any atom is 0.277 e. The number of aromatic nitrogens is 2. The smallest absolute Gasteiger partial charge is 0.277 e. The van der Waals surface area contributed by atoms with E-state index in [9.17, 15) is 4.79 Å². The molecule has 2 aromatic carbocycles. The average Bonchev–Trinajstić information content (AvgIpc) is 3.22. The molecular weight excluding hydrogens is 418 g/mol. The molecule has 1 aromatic heterocycles. The number of nitrogens with zero attached hydrogens (tertiary/aromatic N) is 2. The first-order valence-electron chi connectivity index (χ1n) is 8.36. The third-order valence-corrected chi connectivity index (χ3v) is 4.94. The molecule has 1 N–H and O–H groups in total. The summed E-state index contributed by atoms with van der Waals surface area (Å²) in [5.74, 6) is 1.50. The number of ether oxygens (including phenoxy) is 3. The van der Waals surface area contributed by atoms with Gasteiger partial charge in [0, 0.05) is 5.56 Å². The van der Waals surface area contributed by atoms with Crippen LogP contribution in [0.4, 0.5) is 5.69 Å². The molecule has 0 aliphatic rings. The molecule has 3 rings (SSSR count). The largest absolute Gasteiger partial charge is 0.493 e. The standard InChI is InChI=1S/C19H18ClN3O5S/c1-25-14-8-11(9-15(26-2)17(14)27-3)18-22-23-19(28-18)29-10-16(24)21-13-7-5-4-6-12(13)20/h4-9H,10H2,1-3H3,(H,21,24). The molecule has 0 aliphatic heterocycles. The van der Waals surface area contributed by atoms with E-state index in [1.165, 1.54) is 21.3 Å². The highest BCUT2D eigenvalue weighted by Crippen LogP contribution is 2.41. The van der Waals surface area contributed by atoms with Crippen molar-refractivity contribution in [2.45, 2.75) is 5.22 Å². The molecule has 0 bridgehead atoms. The van der Waals surface area contributed by atoms with Crippen LogP contribution in [0.25, 0.3) is 11.5 Å². The molecule has 10 heteroatoms. The Labute approximate surface area is 176 Å². The topological polar surface area (TPSA) is 95.7 Å². The van der Waals surface area contributed by atoms with Gasteiger partial charge in [0.15, 0.2) is 11.5 Å². The number of methoxy groups -OCH3 is 3. The molecule has 1 heterocycles. The number of carbonyl (C=O) groups excluding carboxylic acids is 1. The zero-order chi connectivity index (χ0) is 20.8. The van der Waals surface area contributed by atoms with E-state index < -0.39 is 0 Å². The van der Waals surface area contributed by atoms with Gasteiger partial charge in [-0.15, -0.1) is 10.2 Å². The minimum atomic E-state index is -0.240. The summed E-state index contributed by atoms with van der Waals surface area (Å²) in [5, 5.41) is 11.4. The van der Waals surface area contributed by atoms with Crippen molar-refractivity contribution in [3.63, 3.8) is 0 Å². The molecule has 29 heavy (non-hydrogen) atoms. The normalized spacial score (nSPS) is 10.5. The predicted octanol–water partition coefficient (Wildman–Crippen LogP) is 4.15. The number of anilines is 1. The average molecular weight is 436 g/mol. The lowest BCUT2D eigenvalue weighted by atomic mass is 10.2. The van der Waals surface area contributed by atoms with Crippen molar-refractivity contribution in [3.05, 3.63) is 41.4 Å². The van der Waals surface area contributed by atoms with E-state index in [0.717, 1.165) is 11.8 Å². The van der Waals surface area contributed by atoms with Gasteiger partial charge in [-0.2, -0.15) is 0 Å². The highest BCUT2D eigenvalue weighted by Gasteiger charge is 2.18. The Morgan fingerprint density at radius 2 is 1.79 bits per heavy atom. The van der Waals surface area contributed by atoms with Gasteiger partial charge in [0.1, 0.15) is 0 Å². The Balaban J connectivity index is 1.69. The van der Waals surface area contributed by atoms with Crippen LogP contribution in [0, 0.1) is 0 Å². The van der Waals surface area contributed by atoms with E-state index in [1.54, 1.807) is 36.4 Å². The predicted molar refractivity (Wildman–Crippen MR) is 110 cm³/mol. The van der Waals surface area contributed by atoms with Crippen LogP contribution in [-0.4, -0.2) is 43.2 Å². The van der Waals surface area contributed by atoms with Crippen LogP contribution in [0.1, 0.15) is 0 Å². The quantitative estimate of drug-likeness (QED) is 0.527. The monoisotopic (exact) mass is 435 g/mol. The summed E-state index contributed by atoms with van der Waals surface area (Å²) in [6, 6.07) is 10.4. The Hall–Kier alpha value is -2.91. The molecule has 8 nitrogen and oxygen atoms in total. The first-order valence-corrected chi connectivity index (χ1v) is 9.73. The highest BCUT2D eigenvalue weighted by atomic mass is 35.5. The molecule has 152 valence electrons. The van der Waals surface area contributed by atoms with Crippen LogP contribution in [0.5, 0.6) is 17.2 Å². The number of benzene rings is 2. The summed E-state index contributed by atoms with van der Waals surface area (Å²) in [4.78, 5) is 12.1. The summed E-state index contributed by atoms with van der Waals surface area (Å²) in [5.41, 5.74) is 1.14. The van der Waals surface area contributed by atoms with Crippen molar-refractivity contribution in [3.8, 4) is 28.7 Å². The van der Waals surface area contributed by atoms with E-state index in [4.69, 9.17) is 30.2 Å². The number of hydrogen-bond acceptors (Lipinski definition) is 8. The van der Waals surface area contributed by atoms with Gasteiger partial charge in [-0.1, -0.05) is 35.5 Å². The summed E-state index contributed by atoms with van der Waals surface area (Å²) >= 11 is 7.15. The number of hydrogen-bond donors (Lipinski definition) is 1. The Morgan fingerprint density at radius 1 is 1.10 bits per heavy atom. The van der Waals surface area contributed by atoms with E-state index in [2.05, 4.69) is 15.5 Å². The van der Waals surface area contributed by atoms with Crippen molar-refractivity contribution in [2.75, 3.05) is 32.4 Å². The molecule has 0 aliphatic carbocycles. The molecule has 3 aromatic rings. The fraction of sp³-hybridized carbons (Fsp3) is 0.211. The second-order valence-electron chi connectivity index (χ2n) is 5.60. The van der Waals surface area contributed by atoms with Crippen LogP contribution in [0.15, 0.2) is 46.0 Å². The fourth-order valence-electron chi connectivity index (χ4n) is 2.47. The minimum Gasteiger partial charge on any atom is -0.493 e. The number of para-hydroxylation sites is 1. The molecular formula is C19H18ClN3O5S. The first kappa shape index (κ1) is 20.8. The number of carbonyl (C=O) groups is 1. The molecule has 0 saturated heterocycles. The summed E-state index contributed by atoms with van der Waals surface area (Å²) in [6.45, 7) is 0. The number of rotatable bonds is 8. The van der Waals surface area contributed by atoms with Gasteiger partial charge < -0.3 is 23.9 Å². The third kappa shape index (κ3) is 4.93. The lowest BCUT2D eigenvalue weighted by Gasteiger charge is -2.12. The van der Waals surface area contributed by atoms with Gasteiger partial charge in [-0.05, 0) is 24.3 Å². The maximum atomic E-state index is 12.1. The van der Waals surface area contributed by atoms with Crippen molar-refractivity contribution in [1.29, 1.82) is 0 Å². The molecule has 0 spiro atoms. The van der Waals surface area contributed by atoms with E-state index >= 15 is 0 Å². The number of halogens is 1. The van der Waals surface area contributed by atoms with Crippen LogP contribution >= 0.6 is 23.4 Å². The fourth-order valence-corrected chi connectivity index (χ4v) is 3.21. The van der Waals surface area contributed by atoms with Crippen LogP contribution in [0.3, 0.4) is 0 Å². The zero-order valence-corrected chi connectivity index (χ0v) is 17.5. The van der Waals surface area contributed by atoms with Crippen LogP contribution < -0.4 is 19.5 Å². The first-order chi connectivity index (χ1) is 14.0. The molecule has 0 unspecified atom stereocenters. The molecule has 0 radical (unpaired) electrons. The third-order valence-electron chi connectivity index (χ3n) is 3.79. The number of thioether (sulfide) groups is 1. The summed E-state index contributed by atoms with van der Waals surface area (Å²) in [7, 11) is 4.57. The zero-order valence-electron chi connectivity index (χ0n) is 15.9. The van der Waals surface area contributed by atoms with Crippen molar-refractivity contribution in [2.24, 2.45) is 0 Å². The van der Waals surface area contributed by atoms with Crippen molar-refractivity contribution >= 4 is 35.0 Å². The number of amides is 1. The minimum absolute atomic E-state index is 0.0854. The van der Waals surface area contributed by atoms with Crippen LogP contribution in [0.2, 0.25) is 5.02 Å². The Kier molecular flexibility index (Phi) is 6.84. The van der Waals surface area contributed by atoms with Gasteiger partial charge in [0.05, 0.1) is 37.8 Å². The van der Waals surface area contributed by atoms with Gasteiger partial charge in [0.25, 0.3) is 5.22 Å². The van der Waals surface area contributed by atoms with Crippen LogP contribution in [-0.2, 0) is 4.79 Å². The number of nitrogens with one attached hydrogen (secondary N) is 1. The van der Waals surface area contributed by atoms with Gasteiger partial charge in [-0.25, -0.2) is 0 Å². The molecule has 0 atom stereocenters. The molecule has 0 saturated carbocycles. The Morgan fingerprint density at radius 3 is 2.41 bits per heavy atom. The van der Waals surface area contributed by atoms with Gasteiger partial charge in [0.2, 0.25) is 17.5 Å². The molecule has 0 fully saturated rings. The maximum absolute atomic E-state index is 12.1. The highest BCUT2D eigenvalue weighted by molar-refractivity contribution is 7.99. The molecule has 1 amide bonds. The Bertz CT molecular complexity index is 986. The summed E-state index contributed by atoms with van der Waals surface area (Å²) < 4.78 is 21.6. The second-order valence-corrected chi connectivity index (χ2v) is 6.94. The summed E-state index contributed by atoms with van der Waals surface area (Å²) in [6.07, 6.45) is 0. The van der Waals surface area contributed by atoms with Crippen molar-refractivity contribution in [1.82, 2.24) is 10.2 Å². The second kappa shape index (κ2) is 9.53. The van der Waals surface area contributed by atoms with Gasteiger partial charge >= 0.3 is 0 Å².